The standard InChI is InChI=1S/C55H74N2O13/c1-49-14-12-33(69-18-6-17-68-4)22-39(49)42(61)35-10-8-30-20-40-50(2)15-16-53(49,44(35)54(30,50)65)13-5-7-31-25-57(31)48(63)45-52(23-28-19-29(26-58)36-21-32(60)9-11-34(36)37(28)24-52)41-38(27-59)46(55(66,67)51(40,3)64)70-43(41)47(62)56-45/h9,11,21,28-31,33,37-41,43,45-47,56,58-60,62,64-67H,6-8,10,12,14-20,22-27H2,1-4H3/t28-,29-,30+,31+,33-,37-,38+,39-,40-,41+,43+,45-,46-,47-,49-,50+,51-,52-,53-,54+,57?/m0/s1. The lowest BCUT2D eigenvalue weighted by atomic mass is 9.37. The van der Waals surface area contributed by atoms with E-state index in [1.54, 1.807) is 24.1 Å². The molecule has 7 fully saturated rings. The van der Waals surface area contributed by atoms with Gasteiger partial charge in [-0.3, -0.25) is 14.9 Å². The van der Waals surface area contributed by atoms with Crippen LogP contribution in [0.2, 0.25) is 0 Å². The molecule has 3 saturated heterocycles. The summed E-state index contributed by atoms with van der Waals surface area (Å²) < 4.78 is 18.4. The molecule has 9 N–H and O–H groups in total. The Hall–Kier alpha value is -2.98. The third-order valence-corrected chi connectivity index (χ3v) is 22.2. The lowest BCUT2D eigenvalue weighted by molar-refractivity contribution is -0.345. The molecule has 11 aliphatic rings. The fourth-order valence-electron chi connectivity index (χ4n) is 18.7. The summed E-state index contributed by atoms with van der Waals surface area (Å²) in [6.07, 6.45) is 2.08. The molecule has 0 unspecified atom stereocenters. The van der Waals surface area contributed by atoms with Crippen LogP contribution in [-0.4, -0.2) is 151 Å². The van der Waals surface area contributed by atoms with E-state index in [-0.39, 0.29) is 60.4 Å². The second-order valence-electron chi connectivity index (χ2n) is 24.8. The number of piperidine rings is 1. The van der Waals surface area contributed by atoms with Gasteiger partial charge in [0.05, 0.1) is 29.2 Å². The fourth-order valence-corrected chi connectivity index (χ4v) is 18.7. The molecular formula is C55H74N2O13. The first-order valence-corrected chi connectivity index (χ1v) is 26.5. The van der Waals surface area contributed by atoms with Gasteiger partial charge < -0.3 is 60.0 Å². The number of nitrogens with zero attached hydrogens (tertiary/aromatic N) is 1. The molecule has 0 radical (unpaired) electrons. The van der Waals surface area contributed by atoms with Crippen LogP contribution in [0.25, 0.3) is 0 Å². The van der Waals surface area contributed by atoms with Crippen molar-refractivity contribution in [2.75, 3.05) is 40.1 Å². The van der Waals surface area contributed by atoms with E-state index in [1.165, 1.54) is 6.92 Å². The van der Waals surface area contributed by atoms with Gasteiger partial charge in [-0.1, -0.05) is 25.8 Å². The van der Waals surface area contributed by atoms with Crippen LogP contribution < -0.4 is 5.32 Å². The van der Waals surface area contributed by atoms with Gasteiger partial charge in [0.25, 0.3) is 0 Å². The molecule has 4 aliphatic heterocycles. The first kappa shape index (κ1) is 48.0. The number of fused-ring (bicyclic) bond motifs is 6. The molecule has 0 aromatic heterocycles. The fraction of sp³-hybridized carbons (Fsp3) is 0.782. The Morgan fingerprint density at radius 3 is 2.50 bits per heavy atom. The number of rotatable bonds is 7. The molecule has 15 heteroatoms. The number of hydrogen-bond donors (Lipinski definition) is 9. The predicted molar refractivity (Wildman–Crippen MR) is 251 cm³/mol. The van der Waals surface area contributed by atoms with Gasteiger partial charge in [0.1, 0.15) is 29.8 Å². The van der Waals surface area contributed by atoms with E-state index < -0.39 is 99.3 Å². The van der Waals surface area contributed by atoms with Crippen molar-refractivity contribution in [1.29, 1.82) is 0 Å². The van der Waals surface area contributed by atoms with Crippen LogP contribution in [0.3, 0.4) is 0 Å². The number of aliphatic hydroxyl groups excluding tert-OH is 3. The van der Waals surface area contributed by atoms with Gasteiger partial charge in [0.2, 0.25) is 11.7 Å². The first-order valence-electron chi connectivity index (χ1n) is 26.5. The second kappa shape index (κ2) is 16.0. The van der Waals surface area contributed by atoms with Crippen LogP contribution >= 0.6 is 0 Å². The van der Waals surface area contributed by atoms with Gasteiger partial charge in [0.15, 0.2) is 5.78 Å². The number of allylic oxidation sites excluding steroid dienone is 1. The van der Waals surface area contributed by atoms with Crippen molar-refractivity contribution in [2.45, 2.75) is 170 Å². The largest absolute Gasteiger partial charge is 0.508 e. The monoisotopic (exact) mass is 971 g/mol. The quantitative estimate of drug-likeness (QED) is 0.0828. The van der Waals surface area contributed by atoms with Crippen LogP contribution in [0.5, 0.6) is 5.75 Å². The summed E-state index contributed by atoms with van der Waals surface area (Å²) in [7, 11) is 1.67. The highest BCUT2D eigenvalue weighted by atomic mass is 16.6. The van der Waals surface area contributed by atoms with Crippen molar-refractivity contribution in [1.82, 2.24) is 10.2 Å². The van der Waals surface area contributed by atoms with E-state index in [0.29, 0.717) is 102 Å². The van der Waals surface area contributed by atoms with Crippen molar-refractivity contribution in [2.24, 2.45) is 57.2 Å². The normalized spacial score (nSPS) is 50.2. The molecule has 1 aromatic rings. The van der Waals surface area contributed by atoms with Gasteiger partial charge in [-0.05, 0) is 142 Å². The summed E-state index contributed by atoms with van der Waals surface area (Å²) in [6, 6.07) is 4.04. The van der Waals surface area contributed by atoms with Crippen molar-refractivity contribution < 1.29 is 64.7 Å². The summed E-state index contributed by atoms with van der Waals surface area (Å²) in [4.78, 5) is 32.4. The van der Waals surface area contributed by atoms with Crippen LogP contribution in [0.4, 0.5) is 0 Å². The number of aromatic hydroxyl groups is 1. The minimum absolute atomic E-state index is 0.0261. The average Bonchev–Trinajstić information content (AvgIpc) is 3.70. The number of methoxy groups -OCH3 is 1. The van der Waals surface area contributed by atoms with Crippen molar-refractivity contribution in [3.63, 3.8) is 0 Å². The molecular weight excluding hydrogens is 897 g/mol. The number of phenols is 1. The molecule has 70 heavy (non-hydrogen) atoms. The topological polar surface area (TPSA) is 239 Å². The highest BCUT2D eigenvalue weighted by Crippen LogP contribution is 2.78. The van der Waals surface area contributed by atoms with Crippen LogP contribution in [-0.2, 0) is 23.8 Å². The zero-order chi connectivity index (χ0) is 49.3. The van der Waals surface area contributed by atoms with Gasteiger partial charge >= 0.3 is 0 Å². The number of amides is 1. The minimum atomic E-state index is -3.06. The predicted octanol–water partition coefficient (Wildman–Crippen LogP) is 2.74. The van der Waals surface area contributed by atoms with Gasteiger partial charge in [-0.25, -0.2) is 0 Å². The van der Waals surface area contributed by atoms with E-state index >= 15 is 9.59 Å². The second-order valence-corrected chi connectivity index (χ2v) is 24.8. The Balaban J connectivity index is 0.998. The third-order valence-electron chi connectivity index (χ3n) is 22.2. The van der Waals surface area contributed by atoms with Gasteiger partial charge in [-0.15, -0.1) is 5.92 Å². The zero-order valence-corrected chi connectivity index (χ0v) is 41.1. The maximum Gasteiger partial charge on any atom is 0.240 e. The van der Waals surface area contributed by atoms with Crippen molar-refractivity contribution in [3.8, 4) is 17.6 Å². The molecule has 20 atom stereocenters. The number of ketones is 1. The summed E-state index contributed by atoms with van der Waals surface area (Å²) in [5.74, 6) is 0.219. The van der Waals surface area contributed by atoms with Gasteiger partial charge in [-0.2, -0.15) is 0 Å². The summed E-state index contributed by atoms with van der Waals surface area (Å²) >= 11 is 0. The smallest absolute Gasteiger partial charge is 0.240 e. The van der Waals surface area contributed by atoms with Crippen molar-refractivity contribution in [3.05, 3.63) is 40.5 Å². The highest BCUT2D eigenvalue weighted by Gasteiger charge is 2.80. The molecule has 12 rings (SSSR count). The SMILES string of the molecule is COCCCO[C@H]1CC[C@@]2(C)[C@@H](C1)C(=O)C1=C3[C@@]24C#CC[C@@H]2CN2C(=O)[C@@H]2N[C@@H](O)[C@@H]5O[C@@H]([C@H](CO)[C@H]5[C@@]25C[C@@H]2C[C@@H](CO)c6cc(O)ccc6[C@H]2C5)C(O)(O)[C@@](C)(O)[C@H]2C[C@@H](CC1)[C@]3(O)[C@]2(C)CC4. The Morgan fingerprint density at radius 2 is 1.74 bits per heavy atom. The number of carbonyl (C=O) groups is 2. The number of benzene rings is 1. The molecule has 382 valence electrons. The number of phenolic OH excluding ortho intramolecular Hbond substituents is 1. The van der Waals surface area contributed by atoms with Crippen LogP contribution in [0.15, 0.2) is 29.3 Å². The number of Topliss-reactive ketones (excluding diaryl/α,β-unsaturated/α-hetero) is 1. The molecule has 4 heterocycles. The lowest BCUT2D eigenvalue weighted by Gasteiger charge is -2.67. The Morgan fingerprint density at radius 1 is 0.943 bits per heavy atom. The van der Waals surface area contributed by atoms with Gasteiger partial charge in [0, 0.05) is 86.9 Å². The first-order chi connectivity index (χ1) is 33.3. The summed E-state index contributed by atoms with van der Waals surface area (Å²) in [5.41, 5.74) is -4.72. The molecule has 4 saturated carbocycles. The summed E-state index contributed by atoms with van der Waals surface area (Å²) in [6.45, 7) is 6.32. The van der Waals surface area contributed by atoms with Crippen LogP contribution in [0, 0.1) is 69.0 Å². The molecule has 1 spiro atoms. The maximum atomic E-state index is 15.4. The maximum absolute atomic E-state index is 15.4. The highest BCUT2D eigenvalue weighted by molar-refractivity contribution is 6.01. The molecule has 7 aliphatic carbocycles. The third kappa shape index (κ3) is 6.04. The van der Waals surface area contributed by atoms with E-state index in [1.807, 2.05) is 13.0 Å². The average molecular weight is 971 g/mol. The minimum Gasteiger partial charge on any atom is -0.508 e. The molecule has 1 aromatic carbocycles. The number of ether oxygens (including phenoxy) is 3. The summed E-state index contributed by atoms with van der Waals surface area (Å²) in [5, 5.41) is 102. The van der Waals surface area contributed by atoms with E-state index in [0.717, 1.165) is 17.5 Å². The number of carbonyl (C=O) groups excluding carboxylic acids is 2. The van der Waals surface area contributed by atoms with E-state index in [9.17, 15) is 40.9 Å². The molecule has 1 amide bonds. The van der Waals surface area contributed by atoms with Crippen LogP contribution in [0.1, 0.15) is 127 Å². The Kier molecular flexibility index (Phi) is 11.0. The van der Waals surface area contributed by atoms with Crippen molar-refractivity contribution >= 4 is 11.7 Å². The van der Waals surface area contributed by atoms with E-state index in [2.05, 4.69) is 24.1 Å². The Bertz CT molecular complexity index is 2450. The molecule has 7 bridgehead atoms. The number of hydrogen-bond acceptors (Lipinski definition) is 14. The lowest BCUT2D eigenvalue weighted by Crippen LogP contribution is -2.71. The number of aliphatic hydroxyl groups is 7. The van der Waals surface area contributed by atoms with E-state index in [4.69, 9.17) is 14.2 Å². The number of nitrogens with one attached hydrogen (secondary N) is 1. The molecule has 15 nitrogen and oxygen atoms in total. The zero-order valence-electron chi connectivity index (χ0n) is 41.1. The Labute approximate surface area is 410 Å².